The molecular formula is C22H30N4O3. The quantitative estimate of drug-likeness (QED) is 0.748. The number of hydrogen-bond donors (Lipinski definition) is 2. The van der Waals surface area contributed by atoms with Crippen LogP contribution in [0.2, 0.25) is 0 Å². The number of aromatic nitrogens is 2. The molecule has 1 aliphatic rings. The summed E-state index contributed by atoms with van der Waals surface area (Å²) >= 11 is 0. The Labute approximate surface area is 171 Å². The summed E-state index contributed by atoms with van der Waals surface area (Å²) in [4.78, 5) is 34.5. The molecule has 1 aromatic carbocycles. The molecule has 0 radical (unpaired) electrons. The number of rotatable bonds is 7. The van der Waals surface area contributed by atoms with E-state index in [1.165, 1.54) is 5.56 Å². The van der Waals surface area contributed by atoms with E-state index in [0.29, 0.717) is 49.9 Å². The molecule has 3 rings (SSSR count). The first-order valence-corrected chi connectivity index (χ1v) is 10.3. The first kappa shape index (κ1) is 21.0. The molecule has 1 amide bonds. The summed E-state index contributed by atoms with van der Waals surface area (Å²) in [5.41, 5.74) is 3.36. The Bertz CT molecular complexity index is 886. The van der Waals surface area contributed by atoms with Crippen molar-refractivity contribution in [2.75, 3.05) is 31.2 Å². The predicted octanol–water partition coefficient (Wildman–Crippen LogP) is 2.42. The first-order chi connectivity index (χ1) is 14.0. The number of nitrogens with one attached hydrogen (secondary N) is 2. The summed E-state index contributed by atoms with van der Waals surface area (Å²) in [5.74, 6) is 0.517. The van der Waals surface area contributed by atoms with Crippen LogP contribution in [0.5, 0.6) is 0 Å². The van der Waals surface area contributed by atoms with Gasteiger partial charge in [-0.15, -0.1) is 0 Å². The molecule has 0 unspecified atom stereocenters. The zero-order valence-corrected chi connectivity index (χ0v) is 17.5. The molecule has 2 aromatic rings. The number of morpholine rings is 1. The SMILES string of the molecule is CC[C@@H](NC(=O)CCc1c(C)nc(N2CCOCC2)[nH]c1=O)c1ccc(C)cc1. The Kier molecular flexibility index (Phi) is 7.04. The Balaban J connectivity index is 1.62. The number of aromatic amines is 1. The highest BCUT2D eigenvalue weighted by atomic mass is 16.5. The van der Waals surface area contributed by atoms with Crippen molar-refractivity contribution < 1.29 is 9.53 Å². The molecule has 0 spiro atoms. The van der Waals surface area contributed by atoms with Gasteiger partial charge in [-0.25, -0.2) is 4.98 Å². The van der Waals surface area contributed by atoms with Crippen LogP contribution < -0.4 is 15.8 Å². The minimum atomic E-state index is -0.169. The van der Waals surface area contributed by atoms with Crippen LogP contribution in [0.1, 0.15) is 48.2 Å². The number of carbonyl (C=O) groups is 1. The van der Waals surface area contributed by atoms with Gasteiger partial charge in [0.1, 0.15) is 0 Å². The molecule has 2 N–H and O–H groups in total. The van der Waals surface area contributed by atoms with Gasteiger partial charge in [0, 0.05) is 30.8 Å². The molecule has 1 fully saturated rings. The van der Waals surface area contributed by atoms with E-state index in [1.807, 2.05) is 37.8 Å². The minimum absolute atomic E-state index is 0.0238. The molecule has 0 aliphatic carbocycles. The summed E-state index contributed by atoms with van der Waals surface area (Å²) in [7, 11) is 0. The highest BCUT2D eigenvalue weighted by Crippen LogP contribution is 2.18. The third-order valence-electron chi connectivity index (χ3n) is 5.35. The number of amides is 1. The van der Waals surface area contributed by atoms with Crippen LogP contribution in [0.3, 0.4) is 0 Å². The van der Waals surface area contributed by atoms with Gasteiger partial charge < -0.3 is 15.0 Å². The normalized spacial score (nSPS) is 15.2. The number of benzene rings is 1. The third kappa shape index (κ3) is 5.44. The number of hydrogen-bond acceptors (Lipinski definition) is 5. The Hall–Kier alpha value is -2.67. The van der Waals surface area contributed by atoms with Gasteiger partial charge in [0.25, 0.3) is 5.56 Å². The van der Waals surface area contributed by atoms with Gasteiger partial charge in [-0.1, -0.05) is 36.8 Å². The lowest BCUT2D eigenvalue weighted by molar-refractivity contribution is -0.121. The zero-order chi connectivity index (χ0) is 20.8. The van der Waals surface area contributed by atoms with Crippen molar-refractivity contribution in [1.29, 1.82) is 0 Å². The maximum absolute atomic E-state index is 12.6. The van der Waals surface area contributed by atoms with Crippen LogP contribution in [0.25, 0.3) is 0 Å². The van der Waals surface area contributed by atoms with E-state index < -0.39 is 0 Å². The summed E-state index contributed by atoms with van der Waals surface area (Å²) in [6.45, 7) is 8.60. The van der Waals surface area contributed by atoms with Crippen molar-refractivity contribution in [3.05, 3.63) is 57.0 Å². The fourth-order valence-electron chi connectivity index (χ4n) is 3.54. The first-order valence-electron chi connectivity index (χ1n) is 10.3. The number of carbonyl (C=O) groups excluding carboxylic acids is 1. The van der Waals surface area contributed by atoms with E-state index in [1.54, 1.807) is 0 Å². The summed E-state index contributed by atoms with van der Waals surface area (Å²) in [6, 6.07) is 8.17. The average Bonchev–Trinajstić information content (AvgIpc) is 2.72. The van der Waals surface area contributed by atoms with Crippen LogP contribution in [-0.2, 0) is 16.0 Å². The highest BCUT2D eigenvalue weighted by molar-refractivity contribution is 5.76. The lowest BCUT2D eigenvalue weighted by Gasteiger charge is -2.27. The van der Waals surface area contributed by atoms with Gasteiger partial charge in [0.05, 0.1) is 19.3 Å². The topological polar surface area (TPSA) is 87.3 Å². The fraction of sp³-hybridized carbons (Fsp3) is 0.500. The summed E-state index contributed by atoms with van der Waals surface area (Å²) in [5, 5.41) is 3.08. The van der Waals surface area contributed by atoms with Crippen LogP contribution in [0, 0.1) is 13.8 Å². The van der Waals surface area contributed by atoms with Crippen molar-refractivity contribution in [3.63, 3.8) is 0 Å². The number of ether oxygens (including phenoxy) is 1. The van der Waals surface area contributed by atoms with Gasteiger partial charge in [-0.2, -0.15) is 0 Å². The van der Waals surface area contributed by atoms with Crippen LogP contribution in [0.15, 0.2) is 29.1 Å². The van der Waals surface area contributed by atoms with Gasteiger partial charge in [-0.3, -0.25) is 14.6 Å². The molecule has 1 aliphatic heterocycles. The number of aryl methyl sites for hydroxylation is 2. The highest BCUT2D eigenvalue weighted by Gasteiger charge is 2.18. The van der Waals surface area contributed by atoms with Crippen molar-refractivity contribution in [2.24, 2.45) is 0 Å². The number of nitrogens with zero attached hydrogens (tertiary/aromatic N) is 2. The lowest BCUT2D eigenvalue weighted by atomic mass is 10.0. The van der Waals surface area contributed by atoms with Gasteiger partial charge >= 0.3 is 0 Å². The van der Waals surface area contributed by atoms with E-state index in [9.17, 15) is 9.59 Å². The monoisotopic (exact) mass is 398 g/mol. The predicted molar refractivity (Wildman–Crippen MR) is 113 cm³/mol. The molecule has 7 heteroatoms. The molecule has 1 aromatic heterocycles. The standard InChI is InChI=1S/C22H30N4O3/c1-4-19(17-7-5-15(2)6-8-17)24-20(27)10-9-18-16(3)23-22(25-21(18)28)26-11-13-29-14-12-26/h5-8,19H,4,9-14H2,1-3H3,(H,24,27)(H,23,25,28)/t19-/m1/s1. The van der Waals surface area contributed by atoms with E-state index >= 15 is 0 Å². The fourth-order valence-corrected chi connectivity index (χ4v) is 3.54. The molecule has 29 heavy (non-hydrogen) atoms. The molecular weight excluding hydrogens is 368 g/mol. The Morgan fingerprint density at radius 2 is 1.93 bits per heavy atom. The molecule has 2 heterocycles. The zero-order valence-electron chi connectivity index (χ0n) is 17.5. The third-order valence-corrected chi connectivity index (χ3v) is 5.35. The van der Waals surface area contributed by atoms with E-state index in [-0.39, 0.29) is 23.9 Å². The van der Waals surface area contributed by atoms with Gasteiger partial charge in [0.2, 0.25) is 11.9 Å². The maximum atomic E-state index is 12.6. The van der Waals surface area contributed by atoms with Crippen LogP contribution >= 0.6 is 0 Å². The van der Waals surface area contributed by atoms with E-state index in [4.69, 9.17) is 4.74 Å². The largest absolute Gasteiger partial charge is 0.378 e. The van der Waals surface area contributed by atoms with E-state index in [0.717, 1.165) is 12.0 Å². The molecule has 7 nitrogen and oxygen atoms in total. The Morgan fingerprint density at radius 3 is 2.55 bits per heavy atom. The van der Waals surface area contributed by atoms with Gasteiger partial charge in [-0.05, 0) is 32.3 Å². The van der Waals surface area contributed by atoms with Crippen molar-refractivity contribution in [2.45, 2.75) is 46.1 Å². The smallest absolute Gasteiger partial charge is 0.255 e. The molecule has 0 bridgehead atoms. The molecule has 1 atom stereocenters. The molecule has 1 saturated heterocycles. The van der Waals surface area contributed by atoms with Crippen LogP contribution in [0.4, 0.5) is 5.95 Å². The Morgan fingerprint density at radius 1 is 1.24 bits per heavy atom. The maximum Gasteiger partial charge on any atom is 0.255 e. The second kappa shape index (κ2) is 9.69. The van der Waals surface area contributed by atoms with Crippen molar-refractivity contribution >= 4 is 11.9 Å². The second-order valence-electron chi connectivity index (χ2n) is 7.49. The summed E-state index contributed by atoms with van der Waals surface area (Å²) < 4.78 is 5.34. The average molecular weight is 399 g/mol. The number of anilines is 1. The molecule has 0 saturated carbocycles. The van der Waals surface area contributed by atoms with E-state index in [2.05, 4.69) is 27.4 Å². The van der Waals surface area contributed by atoms with Crippen molar-refractivity contribution in [3.8, 4) is 0 Å². The minimum Gasteiger partial charge on any atom is -0.378 e. The molecule has 156 valence electrons. The second-order valence-corrected chi connectivity index (χ2v) is 7.49. The van der Waals surface area contributed by atoms with Crippen LogP contribution in [-0.4, -0.2) is 42.2 Å². The van der Waals surface area contributed by atoms with Crippen molar-refractivity contribution in [1.82, 2.24) is 15.3 Å². The number of H-pyrrole nitrogens is 1. The van der Waals surface area contributed by atoms with Gasteiger partial charge in [0.15, 0.2) is 0 Å². The lowest BCUT2D eigenvalue weighted by Crippen LogP contribution is -2.38. The summed E-state index contributed by atoms with van der Waals surface area (Å²) in [6.07, 6.45) is 1.43.